The van der Waals surface area contributed by atoms with Gasteiger partial charge in [0.2, 0.25) is 5.56 Å². The van der Waals surface area contributed by atoms with E-state index >= 15 is 0 Å². The van der Waals surface area contributed by atoms with E-state index in [0.29, 0.717) is 22.6 Å². The van der Waals surface area contributed by atoms with Gasteiger partial charge in [0.1, 0.15) is 0 Å². The minimum absolute atomic E-state index is 0.0907. The minimum Gasteiger partial charge on any atom is -0.493 e. The van der Waals surface area contributed by atoms with Crippen LogP contribution in [0, 0.1) is 0 Å². The molecule has 0 aliphatic carbocycles. The van der Waals surface area contributed by atoms with Gasteiger partial charge in [-0.1, -0.05) is 6.07 Å². The molecule has 1 atom stereocenters. The lowest BCUT2D eigenvalue weighted by molar-refractivity contribution is 0.0680. The zero-order valence-corrected chi connectivity index (χ0v) is 13.8. The number of aromatic nitrogens is 1. The molecule has 2 rings (SSSR count). The molecule has 1 aromatic carbocycles. The van der Waals surface area contributed by atoms with E-state index in [1.807, 2.05) is 0 Å². The van der Waals surface area contributed by atoms with Crippen molar-refractivity contribution in [2.24, 2.45) is 0 Å². The molecule has 128 valence electrons. The second-order valence-electron chi connectivity index (χ2n) is 5.26. The Labute approximate surface area is 139 Å². The topological polar surface area (TPSA) is 91.9 Å². The summed E-state index contributed by atoms with van der Waals surface area (Å²) in [7, 11) is 4.63. The van der Waals surface area contributed by atoms with Crippen LogP contribution in [0.15, 0.2) is 41.3 Å². The van der Waals surface area contributed by atoms with Crippen LogP contribution in [0.4, 0.5) is 0 Å². The number of aromatic amines is 1. The maximum absolute atomic E-state index is 12.3. The maximum atomic E-state index is 12.3. The molecule has 0 aliphatic rings. The van der Waals surface area contributed by atoms with E-state index in [0.717, 1.165) is 0 Å². The number of methoxy groups -OCH3 is 2. The number of likely N-dealkylation sites (N-methyl/N-ethyl adjacent to an activating group) is 1. The number of H-pyrrole nitrogens is 1. The van der Waals surface area contributed by atoms with Crippen molar-refractivity contribution in [2.45, 2.75) is 6.10 Å². The van der Waals surface area contributed by atoms with Crippen LogP contribution in [0.5, 0.6) is 11.5 Å². The first-order valence-electron chi connectivity index (χ1n) is 7.30. The van der Waals surface area contributed by atoms with Crippen molar-refractivity contribution < 1.29 is 19.4 Å². The number of hydrogen-bond donors (Lipinski definition) is 2. The Hall–Kier alpha value is -2.80. The van der Waals surface area contributed by atoms with Crippen molar-refractivity contribution in [3.63, 3.8) is 0 Å². The zero-order chi connectivity index (χ0) is 17.7. The zero-order valence-electron chi connectivity index (χ0n) is 13.8. The maximum Gasteiger partial charge on any atom is 0.255 e. The van der Waals surface area contributed by atoms with Crippen molar-refractivity contribution in [2.75, 3.05) is 27.8 Å². The summed E-state index contributed by atoms with van der Waals surface area (Å²) in [4.78, 5) is 27.2. The molecule has 0 fully saturated rings. The van der Waals surface area contributed by atoms with Gasteiger partial charge < -0.3 is 24.5 Å². The van der Waals surface area contributed by atoms with E-state index in [1.165, 1.54) is 37.4 Å². The summed E-state index contributed by atoms with van der Waals surface area (Å²) in [6.45, 7) is 0.0907. The lowest BCUT2D eigenvalue weighted by Gasteiger charge is -2.21. The summed E-state index contributed by atoms with van der Waals surface area (Å²) in [5.41, 5.74) is 0.671. The molecule has 7 heteroatoms. The Morgan fingerprint density at radius 2 is 1.92 bits per heavy atom. The normalized spacial score (nSPS) is 11.7. The number of aliphatic hydroxyl groups excluding tert-OH is 1. The highest BCUT2D eigenvalue weighted by molar-refractivity contribution is 5.93. The molecule has 0 saturated heterocycles. The van der Waals surface area contributed by atoms with E-state index in [-0.39, 0.29) is 18.0 Å². The molecular weight excluding hydrogens is 312 g/mol. The molecule has 0 spiro atoms. The van der Waals surface area contributed by atoms with Crippen molar-refractivity contribution in [1.82, 2.24) is 9.88 Å². The van der Waals surface area contributed by atoms with Gasteiger partial charge in [0.05, 0.1) is 32.4 Å². The average Bonchev–Trinajstić information content (AvgIpc) is 2.60. The third-order valence-corrected chi connectivity index (χ3v) is 3.62. The standard InChI is InChI=1S/C17H20N2O5/c1-19(17(22)12-5-7-16(21)18-9-12)10-13(20)11-4-6-14(23-2)15(8-11)24-3/h4-9,13,20H,10H2,1-3H3,(H,18,21). The largest absolute Gasteiger partial charge is 0.493 e. The van der Waals surface area contributed by atoms with Gasteiger partial charge in [-0.15, -0.1) is 0 Å². The van der Waals surface area contributed by atoms with Crippen LogP contribution in [0.2, 0.25) is 0 Å². The fourth-order valence-corrected chi connectivity index (χ4v) is 2.27. The lowest BCUT2D eigenvalue weighted by Crippen LogP contribution is -2.31. The smallest absolute Gasteiger partial charge is 0.255 e. The third-order valence-electron chi connectivity index (χ3n) is 3.62. The van der Waals surface area contributed by atoms with Gasteiger partial charge in [-0.25, -0.2) is 0 Å². The van der Waals surface area contributed by atoms with Gasteiger partial charge >= 0.3 is 0 Å². The molecule has 1 heterocycles. The van der Waals surface area contributed by atoms with Crippen LogP contribution in [0.3, 0.4) is 0 Å². The van der Waals surface area contributed by atoms with Gasteiger partial charge in [-0.05, 0) is 23.8 Å². The summed E-state index contributed by atoms with van der Waals surface area (Å²) in [6, 6.07) is 7.81. The number of carbonyl (C=O) groups is 1. The molecule has 0 bridgehead atoms. The van der Waals surface area contributed by atoms with E-state index < -0.39 is 6.10 Å². The van der Waals surface area contributed by atoms with Crippen LogP contribution in [-0.2, 0) is 0 Å². The van der Waals surface area contributed by atoms with Crippen LogP contribution < -0.4 is 15.0 Å². The molecule has 7 nitrogen and oxygen atoms in total. The predicted octanol–water partition coefficient (Wildman–Crippen LogP) is 1.20. The third kappa shape index (κ3) is 3.94. The van der Waals surface area contributed by atoms with Gasteiger partial charge in [-0.2, -0.15) is 0 Å². The van der Waals surface area contributed by atoms with E-state index in [9.17, 15) is 14.7 Å². The van der Waals surface area contributed by atoms with Crippen LogP contribution in [0.1, 0.15) is 22.0 Å². The highest BCUT2D eigenvalue weighted by Gasteiger charge is 2.18. The number of hydrogen-bond acceptors (Lipinski definition) is 5. The molecule has 0 aliphatic heterocycles. The summed E-state index contributed by atoms with van der Waals surface area (Å²) < 4.78 is 10.4. The predicted molar refractivity (Wildman–Crippen MR) is 88.5 cm³/mol. The molecule has 1 amide bonds. The molecule has 1 aromatic heterocycles. The number of benzene rings is 1. The van der Waals surface area contributed by atoms with Crippen molar-refractivity contribution in [1.29, 1.82) is 0 Å². The van der Waals surface area contributed by atoms with E-state index in [2.05, 4.69) is 4.98 Å². The quantitative estimate of drug-likeness (QED) is 0.829. The van der Waals surface area contributed by atoms with Gasteiger partial charge in [0.15, 0.2) is 11.5 Å². The summed E-state index contributed by atoms with van der Waals surface area (Å²) >= 11 is 0. The molecule has 0 saturated carbocycles. The first kappa shape index (κ1) is 17.6. The Morgan fingerprint density at radius 3 is 2.50 bits per heavy atom. The van der Waals surface area contributed by atoms with Crippen molar-refractivity contribution in [3.05, 3.63) is 58.0 Å². The molecule has 1 unspecified atom stereocenters. The Balaban J connectivity index is 2.10. The van der Waals surface area contributed by atoms with Gasteiger partial charge in [0, 0.05) is 19.3 Å². The van der Waals surface area contributed by atoms with Crippen molar-refractivity contribution in [3.8, 4) is 11.5 Å². The number of nitrogens with one attached hydrogen (secondary N) is 1. The number of rotatable bonds is 6. The SMILES string of the molecule is COc1ccc(C(O)CN(C)C(=O)c2ccc(=O)[nH]c2)cc1OC. The second-order valence-corrected chi connectivity index (χ2v) is 5.26. The van der Waals surface area contributed by atoms with Crippen LogP contribution >= 0.6 is 0 Å². The summed E-state index contributed by atoms with van der Waals surface area (Å²) in [5.74, 6) is 0.764. The summed E-state index contributed by atoms with van der Waals surface area (Å²) in [6.07, 6.45) is 0.464. The van der Waals surface area contributed by atoms with Crippen molar-refractivity contribution >= 4 is 5.91 Å². The van der Waals surface area contributed by atoms with Gasteiger partial charge in [0.25, 0.3) is 5.91 Å². The number of amides is 1. The first-order chi connectivity index (χ1) is 11.5. The fraction of sp³-hybridized carbons (Fsp3) is 0.294. The molecule has 2 aromatic rings. The Bertz CT molecular complexity index is 751. The van der Waals surface area contributed by atoms with E-state index in [1.54, 1.807) is 25.2 Å². The highest BCUT2D eigenvalue weighted by atomic mass is 16.5. The second kappa shape index (κ2) is 7.65. The Kier molecular flexibility index (Phi) is 5.59. The number of ether oxygens (including phenoxy) is 2. The van der Waals surface area contributed by atoms with Crippen LogP contribution in [-0.4, -0.2) is 48.7 Å². The highest BCUT2D eigenvalue weighted by Crippen LogP contribution is 2.30. The monoisotopic (exact) mass is 332 g/mol. The molecular formula is C17H20N2O5. The Morgan fingerprint density at radius 1 is 1.21 bits per heavy atom. The summed E-state index contributed by atoms with van der Waals surface area (Å²) in [5, 5.41) is 10.4. The lowest BCUT2D eigenvalue weighted by atomic mass is 10.1. The van der Waals surface area contributed by atoms with Crippen LogP contribution in [0.25, 0.3) is 0 Å². The number of pyridine rings is 1. The number of carbonyl (C=O) groups excluding carboxylic acids is 1. The fourth-order valence-electron chi connectivity index (χ4n) is 2.27. The molecule has 2 N–H and O–H groups in total. The van der Waals surface area contributed by atoms with E-state index in [4.69, 9.17) is 9.47 Å². The number of aliphatic hydroxyl groups is 1. The number of nitrogens with zero attached hydrogens (tertiary/aromatic N) is 1. The molecule has 24 heavy (non-hydrogen) atoms. The van der Waals surface area contributed by atoms with Gasteiger partial charge in [-0.3, -0.25) is 9.59 Å². The first-order valence-corrected chi connectivity index (χ1v) is 7.30. The average molecular weight is 332 g/mol. The minimum atomic E-state index is -0.887. The molecule has 0 radical (unpaired) electrons.